The Morgan fingerprint density at radius 2 is 0.304 bits per heavy atom. The third-order valence-corrected chi connectivity index (χ3v) is 21.7. The number of hydrogen-bond acceptors (Lipinski definition) is 24. The third kappa shape index (κ3) is 27.0. The fourth-order valence-electron chi connectivity index (χ4n) is 15.2. The molecule has 0 aliphatic heterocycles. The Hall–Kier alpha value is -17.3. The van der Waals surface area contributed by atoms with Crippen molar-refractivity contribution >= 4 is 71.3 Å². The lowest BCUT2D eigenvalue weighted by Gasteiger charge is -2.23. The smallest absolute Gasteiger partial charge is 0.354 e. The first-order chi connectivity index (χ1) is 66.9. The summed E-state index contributed by atoms with van der Waals surface area (Å²) in [7, 11) is 0. The number of benzene rings is 6. The van der Waals surface area contributed by atoms with Crippen LogP contribution in [0.5, 0.6) is 34.5 Å². The molecule has 12 bridgehead atoms. The summed E-state index contributed by atoms with van der Waals surface area (Å²) in [6, 6.07) is 58.8. The number of fused-ring (bicyclic) bond motifs is 12. The summed E-state index contributed by atoms with van der Waals surface area (Å²) in [5, 5.41) is 75.2. The molecule has 1 aliphatic rings. The van der Waals surface area contributed by atoms with Crippen molar-refractivity contribution in [2.45, 2.75) is 77.0 Å². The molecule has 0 saturated carbocycles. The highest BCUT2D eigenvalue weighted by Gasteiger charge is 2.27. The van der Waals surface area contributed by atoms with Crippen LogP contribution in [0.3, 0.4) is 0 Å². The molecule has 6 aromatic carbocycles. The molecular weight excluding hydrogens is 1780 g/mol. The van der Waals surface area contributed by atoms with Gasteiger partial charge in [0.15, 0.2) is 0 Å². The zero-order valence-electron chi connectivity index (χ0n) is 74.5. The van der Waals surface area contributed by atoms with Crippen LogP contribution in [0.15, 0.2) is 218 Å². The highest BCUT2D eigenvalue weighted by Crippen LogP contribution is 2.41. The van der Waals surface area contributed by atoms with Crippen LogP contribution in [-0.2, 0) is 38.5 Å². The topological polar surface area (TPSA) is 531 Å². The van der Waals surface area contributed by atoms with E-state index in [0.717, 1.165) is 0 Å². The number of amides is 6. The summed E-state index contributed by atoms with van der Waals surface area (Å²) in [5.41, 5.74) is 5.40. The molecule has 0 saturated heterocycles. The van der Waals surface area contributed by atoms with E-state index in [1.165, 1.54) is 109 Å². The maximum atomic E-state index is 13.6. The number of nitrogens with zero attached hydrogens (tertiary/aromatic N) is 6. The lowest BCUT2D eigenvalue weighted by Crippen LogP contribution is -2.27. The van der Waals surface area contributed by atoms with Gasteiger partial charge in [-0.15, -0.1) is 0 Å². The minimum atomic E-state index is -1.32. The van der Waals surface area contributed by atoms with Gasteiger partial charge >= 0.3 is 35.8 Å². The van der Waals surface area contributed by atoms with Gasteiger partial charge in [0.1, 0.15) is 103 Å². The van der Waals surface area contributed by atoms with Gasteiger partial charge in [0.05, 0.1) is 39.6 Å². The van der Waals surface area contributed by atoms with Crippen LogP contribution >= 0.6 is 0 Å². The maximum absolute atomic E-state index is 13.6. The molecule has 138 heavy (non-hydrogen) atoms. The van der Waals surface area contributed by atoms with Crippen molar-refractivity contribution in [3.63, 3.8) is 0 Å². The molecule has 0 fully saturated rings. The second-order valence-corrected chi connectivity index (χ2v) is 31.5. The zero-order chi connectivity index (χ0) is 97.4. The molecule has 36 nitrogen and oxygen atoms in total. The van der Waals surface area contributed by atoms with Gasteiger partial charge in [0.2, 0.25) is 0 Å². The molecule has 0 atom stereocenters. The number of para-hydroxylation sites is 6. The second-order valence-electron chi connectivity index (χ2n) is 31.5. The van der Waals surface area contributed by atoms with E-state index in [2.05, 4.69) is 61.8 Å². The number of hydrogen-bond donors (Lipinski definition) is 12. The van der Waals surface area contributed by atoms with E-state index in [0.29, 0.717) is 101 Å². The largest absolute Gasteiger partial charge is 0.493 e. The van der Waals surface area contributed by atoms with E-state index in [-0.39, 0.29) is 224 Å². The SMILES string of the molecule is O=C(O)c1cccc(C(=O)NCCCOc2c3cccc2Cc2cccc(c2OCCCNC(=O)c2cccc(C(=O)O)n2)Cc2cccc(c2OCCCNC(=O)c2cccc(C(=O)O)n2)Cc2cccc(c2OCCCNC(=O)c2cccc(C(=O)O)n2)Cc2cccc(c2OCCCNC(=O)c2cccc(C(=O)O)n2)Cc2cccc(c2OCCCNC(=O)c2cccc(C(=O)O)n2)C3)n1. The molecular formula is C102H96N12O24. The molecule has 6 heterocycles. The zero-order valence-corrected chi connectivity index (χ0v) is 74.5. The molecule has 1 aliphatic carbocycles. The van der Waals surface area contributed by atoms with Gasteiger partial charge in [0.25, 0.3) is 35.4 Å². The number of ether oxygens (including phenoxy) is 6. The molecule has 0 radical (unpaired) electrons. The summed E-state index contributed by atoms with van der Waals surface area (Å²) in [5.74, 6) is -8.95. The minimum Gasteiger partial charge on any atom is -0.493 e. The van der Waals surface area contributed by atoms with E-state index in [9.17, 15) is 88.2 Å². The average Bonchev–Trinajstić information content (AvgIpc) is 0.789. The van der Waals surface area contributed by atoms with Crippen LogP contribution in [0, 0.1) is 0 Å². The highest BCUT2D eigenvalue weighted by atomic mass is 16.5. The molecule has 6 aromatic heterocycles. The Balaban J connectivity index is 0.926. The maximum Gasteiger partial charge on any atom is 0.354 e. The first kappa shape index (κ1) is 98.2. The number of aromatic nitrogens is 6. The number of carboxylic acid groups (broad SMARTS) is 6. The quantitative estimate of drug-likeness (QED) is 0.0158. The van der Waals surface area contributed by atoms with Gasteiger partial charge in [-0.25, -0.2) is 58.7 Å². The summed E-state index contributed by atoms with van der Waals surface area (Å²) >= 11 is 0. The van der Waals surface area contributed by atoms with Crippen LogP contribution in [0.1, 0.15) is 231 Å². The van der Waals surface area contributed by atoms with Crippen LogP contribution in [0.4, 0.5) is 0 Å². The molecule has 6 amide bonds. The molecule has 13 rings (SSSR count). The number of rotatable bonds is 42. The summed E-state index contributed by atoms with van der Waals surface area (Å²) in [6.07, 6.45) is 2.21. The Bertz CT molecular complexity index is 5430. The normalized spacial score (nSPS) is 11.5. The van der Waals surface area contributed by atoms with Gasteiger partial charge in [-0.2, -0.15) is 0 Å². The van der Waals surface area contributed by atoms with Gasteiger partial charge < -0.3 is 91.0 Å². The molecule has 12 N–H and O–H groups in total. The number of aromatic carboxylic acids is 6. The van der Waals surface area contributed by atoms with Gasteiger partial charge in [0, 0.05) is 77.8 Å². The second kappa shape index (κ2) is 48.4. The molecule has 36 heteroatoms. The highest BCUT2D eigenvalue weighted by molar-refractivity contribution is 5.98. The van der Waals surface area contributed by atoms with Crippen molar-refractivity contribution in [3.8, 4) is 34.5 Å². The number of nitrogens with one attached hydrogen (secondary N) is 6. The Morgan fingerprint density at radius 3 is 0.428 bits per heavy atom. The Morgan fingerprint density at radius 1 is 0.188 bits per heavy atom. The lowest BCUT2D eigenvalue weighted by molar-refractivity contribution is 0.0679. The standard InChI is InChI=1S/C102H96N12O24/c115-91(73-31-7-37-79(109-73)97(121)122)103-43-13-49-133-85-61-19-1-20-62(85)56-64-22-3-24-66(87(64)135-51-15-45-105-93(117)75-33-9-39-81(111-75)99(125)126)58-68-26-5-28-70(89(68)137-53-17-47-107-95(119)77-35-11-41-83(113-77)101(129)130)60-72-30-6-29-71(90(72)138-54-18-48-108-96(120)78-36-12-42-84(114-78)102(131)132)59-69-27-4-25-67(88(69)136-52-16-46-106-94(118)76-34-10-40-82(112-76)100(127)128)57-65-23-2-21-63(55-61)86(65)134-50-14-44-104-92(116)74-32-8-38-80(110-74)98(123)124/h1-12,19-42H,13-18,43-60H2,(H,103,115)(H,104,116)(H,105,117)(H,106,118)(H,107,119)(H,108,120)(H,121,122)(H,123,124)(H,125,126)(H,127,128)(H,129,130)(H,131,132). The average molecular weight is 1870 g/mol. The van der Waals surface area contributed by atoms with Crippen molar-refractivity contribution < 1.29 is 117 Å². The third-order valence-electron chi connectivity index (χ3n) is 21.7. The number of pyridine rings is 6. The van der Waals surface area contributed by atoms with Crippen LogP contribution in [0.2, 0.25) is 0 Å². The van der Waals surface area contributed by atoms with Gasteiger partial charge in [-0.05, 0) is 178 Å². The van der Waals surface area contributed by atoms with Crippen molar-refractivity contribution in [2.75, 3.05) is 78.9 Å². The monoisotopic (exact) mass is 1870 g/mol. The molecule has 708 valence electrons. The predicted octanol–water partition coefficient (Wildman–Crippen LogP) is 11.3. The van der Waals surface area contributed by atoms with Crippen LogP contribution < -0.4 is 60.3 Å². The molecule has 12 aromatic rings. The van der Waals surface area contributed by atoms with Crippen molar-refractivity contribution in [3.05, 3.63) is 353 Å². The van der Waals surface area contributed by atoms with Crippen molar-refractivity contribution in [2.24, 2.45) is 0 Å². The van der Waals surface area contributed by atoms with Crippen molar-refractivity contribution in [1.82, 2.24) is 61.8 Å². The number of carbonyl (C=O) groups is 12. The molecule has 0 spiro atoms. The van der Waals surface area contributed by atoms with Crippen molar-refractivity contribution in [1.29, 1.82) is 0 Å². The van der Waals surface area contributed by atoms with E-state index < -0.39 is 71.3 Å². The van der Waals surface area contributed by atoms with E-state index in [1.807, 2.05) is 109 Å². The Labute approximate surface area is 789 Å². The van der Waals surface area contributed by atoms with E-state index >= 15 is 0 Å². The summed E-state index contributed by atoms with van der Waals surface area (Å²) in [4.78, 5) is 177. The van der Waals surface area contributed by atoms with E-state index in [4.69, 9.17) is 28.4 Å². The van der Waals surface area contributed by atoms with Crippen LogP contribution in [-0.4, -0.2) is 211 Å². The molecule has 0 unspecified atom stereocenters. The van der Waals surface area contributed by atoms with Crippen LogP contribution in [0.25, 0.3) is 0 Å². The Kier molecular flexibility index (Phi) is 34.4. The van der Waals surface area contributed by atoms with E-state index in [1.54, 1.807) is 0 Å². The fourth-order valence-corrected chi connectivity index (χ4v) is 15.2. The number of carboxylic acids is 6. The fraction of sp³-hybridized carbons (Fsp3) is 0.235. The number of carbonyl (C=O) groups excluding carboxylic acids is 6. The lowest BCUT2D eigenvalue weighted by atomic mass is 9.91. The first-order valence-electron chi connectivity index (χ1n) is 44.2. The summed E-state index contributed by atoms with van der Waals surface area (Å²) in [6.45, 7) is 0.438. The van der Waals surface area contributed by atoms with Gasteiger partial charge in [-0.3, -0.25) is 28.8 Å². The summed E-state index contributed by atoms with van der Waals surface area (Å²) < 4.78 is 42.1. The minimum absolute atomic E-state index is 0.0135. The first-order valence-corrected chi connectivity index (χ1v) is 44.2. The predicted molar refractivity (Wildman–Crippen MR) is 497 cm³/mol. The van der Waals surface area contributed by atoms with Gasteiger partial charge in [-0.1, -0.05) is 146 Å².